The molecule has 1 aromatic rings. The first-order valence-corrected chi connectivity index (χ1v) is 7.19. The maximum atomic E-state index is 12.1. The zero-order chi connectivity index (χ0) is 15.6. The highest BCUT2D eigenvalue weighted by molar-refractivity contribution is 8.14. The van der Waals surface area contributed by atoms with E-state index in [9.17, 15) is 19.5 Å². The van der Waals surface area contributed by atoms with Crippen molar-refractivity contribution in [3.63, 3.8) is 0 Å². The van der Waals surface area contributed by atoms with Gasteiger partial charge < -0.3 is 14.7 Å². The van der Waals surface area contributed by atoms with Crippen LogP contribution >= 0.6 is 11.8 Å². The lowest BCUT2D eigenvalue weighted by Crippen LogP contribution is -2.27. The lowest BCUT2D eigenvalue weighted by atomic mass is 10.1. The standard InChI is InChI=1S/C14H15NO5S/c1-8(16)21-10-6-13(17)15(7-10)12-5-9(20-2)3-4-11(12)14(18)19/h3-5,10H,6-7H2,1-2H3,(H,18,19). The molecule has 112 valence electrons. The molecule has 1 aliphatic heterocycles. The Hall–Kier alpha value is -2.02. The summed E-state index contributed by atoms with van der Waals surface area (Å²) in [5, 5.41) is 9.04. The fraction of sp³-hybridized carbons (Fsp3) is 0.357. The van der Waals surface area contributed by atoms with E-state index in [-0.39, 0.29) is 28.3 Å². The van der Waals surface area contributed by atoms with Gasteiger partial charge in [0.15, 0.2) is 5.12 Å². The average Bonchev–Trinajstić information content (AvgIpc) is 2.77. The molecule has 2 rings (SSSR count). The summed E-state index contributed by atoms with van der Waals surface area (Å²) in [4.78, 5) is 36.0. The summed E-state index contributed by atoms with van der Waals surface area (Å²) >= 11 is 1.11. The number of thioether (sulfide) groups is 1. The molecule has 6 nitrogen and oxygen atoms in total. The monoisotopic (exact) mass is 309 g/mol. The van der Waals surface area contributed by atoms with Gasteiger partial charge in [-0.25, -0.2) is 4.79 Å². The van der Waals surface area contributed by atoms with Crippen LogP contribution in [0.4, 0.5) is 5.69 Å². The van der Waals surface area contributed by atoms with Crippen LogP contribution in [-0.4, -0.2) is 41.0 Å². The number of nitrogens with zero attached hydrogens (tertiary/aromatic N) is 1. The number of hydrogen-bond donors (Lipinski definition) is 1. The minimum Gasteiger partial charge on any atom is -0.497 e. The first kappa shape index (κ1) is 15.4. The number of hydrogen-bond acceptors (Lipinski definition) is 5. The molecule has 1 N–H and O–H groups in total. The van der Waals surface area contributed by atoms with E-state index in [4.69, 9.17) is 4.74 Å². The van der Waals surface area contributed by atoms with Crippen LogP contribution in [0.3, 0.4) is 0 Å². The predicted molar refractivity (Wildman–Crippen MR) is 79.0 cm³/mol. The highest BCUT2D eigenvalue weighted by Crippen LogP contribution is 2.33. The van der Waals surface area contributed by atoms with Gasteiger partial charge >= 0.3 is 5.97 Å². The Morgan fingerprint density at radius 2 is 2.14 bits per heavy atom. The van der Waals surface area contributed by atoms with E-state index in [1.807, 2.05) is 0 Å². The Labute approximate surface area is 126 Å². The van der Waals surface area contributed by atoms with Gasteiger partial charge in [0.25, 0.3) is 0 Å². The summed E-state index contributed by atoms with van der Waals surface area (Å²) in [6, 6.07) is 4.48. The van der Waals surface area contributed by atoms with Crippen LogP contribution in [0.1, 0.15) is 23.7 Å². The van der Waals surface area contributed by atoms with E-state index in [1.54, 1.807) is 0 Å². The molecule has 1 amide bonds. The van der Waals surface area contributed by atoms with Gasteiger partial charge in [0.2, 0.25) is 5.91 Å². The van der Waals surface area contributed by atoms with Gasteiger partial charge in [-0.15, -0.1) is 0 Å². The molecule has 21 heavy (non-hydrogen) atoms. The number of rotatable bonds is 4. The Bertz CT molecular complexity index is 601. The maximum absolute atomic E-state index is 12.1. The SMILES string of the molecule is COc1ccc(C(=O)O)c(N2CC(SC(C)=O)CC2=O)c1. The normalized spacial score (nSPS) is 17.9. The van der Waals surface area contributed by atoms with Gasteiger partial charge in [0.05, 0.1) is 18.4 Å². The Kier molecular flexibility index (Phi) is 4.52. The van der Waals surface area contributed by atoms with Crippen molar-refractivity contribution in [1.82, 2.24) is 0 Å². The fourth-order valence-electron chi connectivity index (χ4n) is 2.26. The molecule has 1 aliphatic rings. The number of ether oxygens (including phenoxy) is 1. The highest BCUT2D eigenvalue weighted by Gasteiger charge is 2.34. The van der Waals surface area contributed by atoms with E-state index in [0.29, 0.717) is 18.0 Å². The first-order valence-electron chi connectivity index (χ1n) is 6.31. The number of methoxy groups -OCH3 is 1. The van der Waals surface area contributed by atoms with Gasteiger partial charge in [-0.2, -0.15) is 0 Å². The summed E-state index contributed by atoms with van der Waals surface area (Å²) in [6.07, 6.45) is 0.223. The van der Waals surface area contributed by atoms with Gasteiger partial charge in [0.1, 0.15) is 5.75 Å². The number of aromatic carboxylic acids is 1. The molecule has 0 bridgehead atoms. The van der Waals surface area contributed by atoms with Crippen LogP contribution in [0, 0.1) is 0 Å². The Balaban J connectivity index is 2.34. The molecule has 1 atom stereocenters. The maximum Gasteiger partial charge on any atom is 0.337 e. The second-order valence-electron chi connectivity index (χ2n) is 4.63. The molecule has 0 spiro atoms. The second-order valence-corrected chi connectivity index (χ2v) is 6.11. The molecule has 1 aromatic carbocycles. The molecule has 0 saturated carbocycles. The van der Waals surface area contributed by atoms with Gasteiger partial charge in [0, 0.05) is 31.2 Å². The van der Waals surface area contributed by atoms with Crippen molar-refractivity contribution in [2.45, 2.75) is 18.6 Å². The van der Waals surface area contributed by atoms with Crippen molar-refractivity contribution in [2.24, 2.45) is 0 Å². The largest absolute Gasteiger partial charge is 0.497 e. The Morgan fingerprint density at radius 1 is 1.43 bits per heavy atom. The summed E-state index contributed by atoms with van der Waals surface area (Å²) in [6.45, 7) is 1.77. The van der Waals surface area contributed by atoms with Crippen molar-refractivity contribution < 1.29 is 24.2 Å². The molecule has 1 fully saturated rings. The first-order chi connectivity index (χ1) is 9.92. The third kappa shape index (κ3) is 3.36. The number of amides is 1. The van der Waals surface area contributed by atoms with Crippen molar-refractivity contribution in [2.75, 3.05) is 18.6 Å². The summed E-state index contributed by atoms with van der Waals surface area (Å²) < 4.78 is 5.09. The molecule has 1 unspecified atom stereocenters. The van der Waals surface area contributed by atoms with Gasteiger partial charge in [-0.1, -0.05) is 11.8 Å². The van der Waals surface area contributed by atoms with E-state index >= 15 is 0 Å². The highest BCUT2D eigenvalue weighted by atomic mass is 32.2. The lowest BCUT2D eigenvalue weighted by Gasteiger charge is -2.19. The van der Waals surface area contributed by atoms with Crippen LogP contribution < -0.4 is 9.64 Å². The second kappa shape index (κ2) is 6.17. The molecule has 1 heterocycles. The molecule has 1 saturated heterocycles. The van der Waals surface area contributed by atoms with E-state index in [0.717, 1.165) is 11.8 Å². The average molecular weight is 309 g/mol. The fourth-order valence-corrected chi connectivity index (χ4v) is 3.18. The zero-order valence-corrected chi connectivity index (χ0v) is 12.5. The van der Waals surface area contributed by atoms with Crippen molar-refractivity contribution in [1.29, 1.82) is 0 Å². The summed E-state index contributed by atoms with van der Waals surface area (Å²) in [5.41, 5.74) is 0.344. The molecule has 0 radical (unpaired) electrons. The summed E-state index contributed by atoms with van der Waals surface area (Å²) in [5.74, 6) is -0.821. The Morgan fingerprint density at radius 3 is 2.71 bits per heavy atom. The molecule has 7 heteroatoms. The van der Waals surface area contributed by atoms with E-state index in [1.165, 1.54) is 37.1 Å². The third-order valence-electron chi connectivity index (χ3n) is 3.15. The van der Waals surface area contributed by atoms with Crippen LogP contribution in [0.5, 0.6) is 5.75 Å². The van der Waals surface area contributed by atoms with E-state index < -0.39 is 5.97 Å². The quantitative estimate of drug-likeness (QED) is 0.912. The number of carbonyl (C=O) groups excluding carboxylic acids is 2. The molecule has 0 aliphatic carbocycles. The number of carboxylic acid groups (broad SMARTS) is 1. The van der Waals surface area contributed by atoms with Crippen molar-refractivity contribution >= 4 is 34.4 Å². The zero-order valence-electron chi connectivity index (χ0n) is 11.7. The number of carboxylic acids is 1. The minimum absolute atomic E-state index is 0.0395. The number of benzene rings is 1. The van der Waals surface area contributed by atoms with Crippen LogP contribution in [0.15, 0.2) is 18.2 Å². The number of anilines is 1. The van der Waals surface area contributed by atoms with Crippen LogP contribution in [0.25, 0.3) is 0 Å². The van der Waals surface area contributed by atoms with Crippen molar-refractivity contribution in [3.05, 3.63) is 23.8 Å². The predicted octanol–water partition coefficient (Wildman–Crippen LogP) is 1.78. The van der Waals surface area contributed by atoms with Gasteiger partial charge in [-0.05, 0) is 12.1 Å². The molecular formula is C14H15NO5S. The van der Waals surface area contributed by atoms with E-state index in [2.05, 4.69) is 0 Å². The topological polar surface area (TPSA) is 83.9 Å². The van der Waals surface area contributed by atoms with Crippen molar-refractivity contribution in [3.8, 4) is 5.75 Å². The minimum atomic E-state index is -1.11. The summed E-state index contributed by atoms with van der Waals surface area (Å²) in [7, 11) is 1.47. The molecular weight excluding hydrogens is 294 g/mol. The smallest absolute Gasteiger partial charge is 0.337 e. The van der Waals surface area contributed by atoms with Crippen LogP contribution in [-0.2, 0) is 9.59 Å². The number of carbonyl (C=O) groups is 3. The van der Waals surface area contributed by atoms with Crippen LogP contribution in [0.2, 0.25) is 0 Å². The van der Waals surface area contributed by atoms with Gasteiger partial charge in [-0.3, -0.25) is 9.59 Å². The lowest BCUT2D eigenvalue weighted by molar-refractivity contribution is -0.117. The molecule has 0 aromatic heterocycles. The third-order valence-corrected chi connectivity index (χ3v) is 4.13.